The van der Waals surface area contributed by atoms with E-state index in [2.05, 4.69) is 0 Å². The van der Waals surface area contributed by atoms with Crippen molar-refractivity contribution in [3.8, 4) is 5.75 Å². The van der Waals surface area contributed by atoms with Gasteiger partial charge in [0.15, 0.2) is 5.78 Å². The van der Waals surface area contributed by atoms with Crippen LogP contribution in [0.4, 0.5) is 0 Å². The summed E-state index contributed by atoms with van der Waals surface area (Å²) in [5, 5.41) is 9.16. The maximum atomic E-state index is 12.6. The number of nitrogens with zero attached hydrogens (tertiary/aromatic N) is 1. The number of carboxylic acid groups (broad SMARTS) is 1. The summed E-state index contributed by atoms with van der Waals surface area (Å²) >= 11 is 0. The van der Waals surface area contributed by atoms with Gasteiger partial charge in [-0.15, -0.1) is 0 Å². The molecule has 2 atom stereocenters. The van der Waals surface area contributed by atoms with E-state index in [4.69, 9.17) is 9.84 Å². The highest BCUT2D eigenvalue weighted by Gasteiger charge is 2.31. The van der Waals surface area contributed by atoms with Gasteiger partial charge in [-0.05, 0) is 57.0 Å². The van der Waals surface area contributed by atoms with Gasteiger partial charge in [0.25, 0.3) is 0 Å². The number of hydrogen-bond acceptors (Lipinski definition) is 4. The maximum Gasteiger partial charge on any atom is 0.307 e. The zero-order valence-corrected chi connectivity index (χ0v) is 13.3. The number of Topliss-reactive ketones (excluding diaryl/α,β-unsaturated/α-hetero) is 1. The fraction of sp³-hybridized carbons (Fsp3) is 0.529. The van der Waals surface area contributed by atoms with E-state index < -0.39 is 5.97 Å². The highest BCUT2D eigenvalue weighted by molar-refractivity contribution is 6.00. The van der Waals surface area contributed by atoms with E-state index in [0.29, 0.717) is 18.5 Å². The van der Waals surface area contributed by atoms with Crippen LogP contribution in [0.5, 0.6) is 5.75 Å². The summed E-state index contributed by atoms with van der Waals surface area (Å²) in [5.41, 5.74) is 1.56. The van der Waals surface area contributed by atoms with Gasteiger partial charge in [-0.3, -0.25) is 14.5 Å². The summed E-state index contributed by atoms with van der Waals surface area (Å²) in [6.45, 7) is 4.97. The van der Waals surface area contributed by atoms with Crippen molar-refractivity contribution in [1.82, 2.24) is 4.90 Å². The third-order valence-corrected chi connectivity index (χ3v) is 4.41. The van der Waals surface area contributed by atoms with Gasteiger partial charge in [-0.25, -0.2) is 0 Å². The van der Waals surface area contributed by atoms with E-state index in [-0.39, 0.29) is 17.7 Å². The molecule has 1 aliphatic heterocycles. The van der Waals surface area contributed by atoms with Crippen molar-refractivity contribution in [2.45, 2.75) is 32.7 Å². The lowest BCUT2D eigenvalue weighted by Gasteiger charge is -2.34. The fourth-order valence-corrected chi connectivity index (χ4v) is 3.00. The average molecular weight is 305 g/mol. The Hall–Kier alpha value is -1.88. The first-order valence-electron chi connectivity index (χ1n) is 7.59. The van der Waals surface area contributed by atoms with E-state index in [1.807, 2.05) is 24.8 Å². The molecule has 22 heavy (non-hydrogen) atoms. The van der Waals surface area contributed by atoms with Crippen LogP contribution in [0.2, 0.25) is 0 Å². The lowest BCUT2D eigenvalue weighted by molar-refractivity contribution is -0.143. The summed E-state index contributed by atoms with van der Waals surface area (Å²) in [5.74, 6) is -0.365. The number of likely N-dealkylation sites (tertiary alicyclic amines) is 1. The first kappa shape index (κ1) is 16.5. The van der Waals surface area contributed by atoms with E-state index in [1.54, 1.807) is 19.2 Å². The molecule has 0 amide bonds. The van der Waals surface area contributed by atoms with Crippen LogP contribution in [0.3, 0.4) is 0 Å². The number of aliphatic carboxylic acids is 1. The van der Waals surface area contributed by atoms with Crippen molar-refractivity contribution in [3.05, 3.63) is 29.3 Å². The lowest BCUT2D eigenvalue weighted by atomic mass is 9.94. The van der Waals surface area contributed by atoms with Crippen molar-refractivity contribution in [2.24, 2.45) is 5.92 Å². The summed E-state index contributed by atoms with van der Waals surface area (Å²) in [4.78, 5) is 25.8. The molecule has 0 saturated carbocycles. The number of piperidine rings is 1. The summed E-state index contributed by atoms with van der Waals surface area (Å²) < 4.78 is 5.21. The fourth-order valence-electron chi connectivity index (χ4n) is 3.00. The van der Waals surface area contributed by atoms with Crippen molar-refractivity contribution in [1.29, 1.82) is 0 Å². The number of carbonyl (C=O) groups is 2. The standard InChI is InChI=1S/C17H23NO4/c1-11-9-13(6-7-15(11)22-3)16(19)12(2)18-8-4-5-14(10-18)17(20)21/h6-7,9,12,14H,4-5,8,10H2,1-3H3,(H,20,21). The highest BCUT2D eigenvalue weighted by atomic mass is 16.5. The lowest BCUT2D eigenvalue weighted by Crippen LogP contribution is -2.46. The quantitative estimate of drug-likeness (QED) is 0.846. The minimum absolute atomic E-state index is 0.0248. The van der Waals surface area contributed by atoms with Gasteiger partial charge in [0, 0.05) is 12.1 Å². The van der Waals surface area contributed by atoms with Crippen LogP contribution in [-0.4, -0.2) is 48.0 Å². The highest BCUT2D eigenvalue weighted by Crippen LogP contribution is 2.23. The topological polar surface area (TPSA) is 66.8 Å². The molecule has 1 heterocycles. The van der Waals surface area contributed by atoms with Crippen molar-refractivity contribution in [3.63, 3.8) is 0 Å². The van der Waals surface area contributed by atoms with Crippen molar-refractivity contribution < 1.29 is 19.4 Å². The molecule has 5 heteroatoms. The van der Waals surface area contributed by atoms with E-state index >= 15 is 0 Å². The molecule has 5 nitrogen and oxygen atoms in total. The minimum Gasteiger partial charge on any atom is -0.496 e. The van der Waals surface area contributed by atoms with E-state index in [1.165, 1.54) is 0 Å². The number of rotatable bonds is 5. The summed E-state index contributed by atoms with van der Waals surface area (Å²) in [7, 11) is 1.60. The SMILES string of the molecule is COc1ccc(C(=O)C(C)N2CCCC(C(=O)O)C2)cc1C. The number of benzene rings is 1. The molecule has 2 unspecified atom stereocenters. The molecule has 0 aliphatic carbocycles. The Kier molecular flexibility index (Phi) is 5.19. The molecule has 1 saturated heterocycles. The number of ketones is 1. The molecule has 2 rings (SSSR count). The predicted octanol–water partition coefficient (Wildman–Crippen LogP) is 2.37. The Labute approximate surface area is 130 Å². The first-order chi connectivity index (χ1) is 10.4. The Morgan fingerprint density at radius 3 is 2.73 bits per heavy atom. The predicted molar refractivity (Wildman–Crippen MR) is 83.5 cm³/mol. The minimum atomic E-state index is -0.773. The number of hydrogen-bond donors (Lipinski definition) is 1. The van der Waals surface area contributed by atoms with Crippen LogP contribution >= 0.6 is 0 Å². The number of aryl methyl sites for hydroxylation is 1. The summed E-state index contributed by atoms with van der Waals surface area (Å²) in [6.07, 6.45) is 1.50. The molecular formula is C17H23NO4. The number of carboxylic acids is 1. The van der Waals surface area contributed by atoms with Crippen molar-refractivity contribution >= 4 is 11.8 Å². The number of carbonyl (C=O) groups excluding carboxylic acids is 1. The molecule has 120 valence electrons. The Morgan fingerprint density at radius 2 is 2.14 bits per heavy atom. The normalized spacial score (nSPS) is 20.4. The Morgan fingerprint density at radius 1 is 1.41 bits per heavy atom. The second-order valence-electron chi connectivity index (χ2n) is 5.90. The van der Waals surface area contributed by atoms with E-state index in [9.17, 15) is 9.59 Å². The smallest absolute Gasteiger partial charge is 0.307 e. The second kappa shape index (κ2) is 6.92. The molecule has 0 aromatic heterocycles. The van der Waals surface area contributed by atoms with Gasteiger partial charge >= 0.3 is 5.97 Å². The first-order valence-corrected chi connectivity index (χ1v) is 7.59. The van der Waals surface area contributed by atoms with Gasteiger partial charge in [0.1, 0.15) is 5.75 Å². The van der Waals surface area contributed by atoms with Crippen LogP contribution in [0, 0.1) is 12.8 Å². The van der Waals surface area contributed by atoms with Crippen LogP contribution in [0.25, 0.3) is 0 Å². The zero-order valence-electron chi connectivity index (χ0n) is 13.3. The Balaban J connectivity index is 2.11. The van der Waals surface area contributed by atoms with Crippen molar-refractivity contribution in [2.75, 3.05) is 20.2 Å². The summed E-state index contributed by atoms with van der Waals surface area (Å²) in [6, 6.07) is 5.08. The van der Waals surface area contributed by atoms with Gasteiger partial charge in [-0.1, -0.05) is 0 Å². The van der Waals surface area contributed by atoms with Gasteiger partial charge in [-0.2, -0.15) is 0 Å². The second-order valence-corrected chi connectivity index (χ2v) is 5.90. The van der Waals surface area contributed by atoms with Gasteiger partial charge in [0.05, 0.1) is 19.1 Å². The van der Waals surface area contributed by atoms with Gasteiger partial charge < -0.3 is 9.84 Å². The number of ether oxygens (including phenoxy) is 1. The van der Waals surface area contributed by atoms with E-state index in [0.717, 1.165) is 24.3 Å². The number of methoxy groups -OCH3 is 1. The third-order valence-electron chi connectivity index (χ3n) is 4.41. The van der Waals surface area contributed by atoms with Crippen LogP contribution in [0.15, 0.2) is 18.2 Å². The van der Waals surface area contributed by atoms with Crippen LogP contribution in [0.1, 0.15) is 35.7 Å². The average Bonchev–Trinajstić information content (AvgIpc) is 2.53. The monoisotopic (exact) mass is 305 g/mol. The molecule has 0 bridgehead atoms. The largest absolute Gasteiger partial charge is 0.496 e. The molecule has 1 aliphatic rings. The molecule has 1 aromatic rings. The van der Waals surface area contributed by atoms with Gasteiger partial charge in [0.2, 0.25) is 0 Å². The molecule has 0 spiro atoms. The molecule has 1 fully saturated rings. The molecule has 1 N–H and O–H groups in total. The zero-order chi connectivity index (χ0) is 16.3. The molecule has 1 aromatic carbocycles. The third kappa shape index (κ3) is 3.47. The maximum absolute atomic E-state index is 12.6. The Bertz CT molecular complexity index is 570. The van der Waals surface area contributed by atoms with Crippen LogP contribution < -0.4 is 4.74 Å². The molecular weight excluding hydrogens is 282 g/mol. The molecule has 0 radical (unpaired) electrons. The van der Waals surface area contributed by atoms with Crippen LogP contribution in [-0.2, 0) is 4.79 Å².